The van der Waals surface area contributed by atoms with Crippen LogP contribution in [0, 0.1) is 0 Å². The summed E-state index contributed by atoms with van der Waals surface area (Å²) in [5, 5.41) is 2.12. The van der Waals surface area contributed by atoms with E-state index in [0.29, 0.717) is 6.04 Å². The van der Waals surface area contributed by atoms with Gasteiger partial charge >= 0.3 is 0 Å². The molecule has 2 rings (SSSR count). The molecule has 0 saturated heterocycles. The van der Waals surface area contributed by atoms with Crippen molar-refractivity contribution in [1.29, 1.82) is 0 Å². The first kappa shape index (κ1) is 12.8. The molecule has 0 saturated carbocycles. The summed E-state index contributed by atoms with van der Waals surface area (Å²) in [6, 6.07) is 6.66. The van der Waals surface area contributed by atoms with E-state index >= 15 is 0 Å². The van der Waals surface area contributed by atoms with Gasteiger partial charge in [-0.15, -0.1) is 0 Å². The van der Waals surface area contributed by atoms with Crippen molar-refractivity contribution in [2.24, 2.45) is 0 Å². The van der Waals surface area contributed by atoms with E-state index in [0.717, 1.165) is 16.5 Å². The lowest BCUT2D eigenvalue weighted by atomic mass is 10.2. The van der Waals surface area contributed by atoms with E-state index in [2.05, 4.69) is 43.7 Å². The molecule has 3 heteroatoms. The molecule has 2 aromatic rings. The minimum Gasteiger partial charge on any atom is -0.345 e. The van der Waals surface area contributed by atoms with Crippen LogP contribution in [0.25, 0.3) is 10.9 Å². The predicted octanol–water partition coefficient (Wildman–Crippen LogP) is 5.13. The molecule has 1 aromatic heterocycles. The third kappa shape index (κ3) is 2.63. The second-order valence-corrected chi connectivity index (χ2v) is 6.16. The summed E-state index contributed by atoms with van der Waals surface area (Å²) in [6.07, 6.45) is 2.27. The molecule has 0 spiro atoms. The van der Waals surface area contributed by atoms with Gasteiger partial charge in [0.1, 0.15) is 0 Å². The second-order valence-electron chi connectivity index (χ2n) is 4.45. The van der Waals surface area contributed by atoms with Crippen LogP contribution in [0.4, 0.5) is 0 Å². The highest BCUT2D eigenvalue weighted by atomic mass is 35.5. The maximum absolute atomic E-state index is 6.10. The SMILES string of the molecule is CCSCc1cn(C(C)C)c2ccc(Cl)cc12. The van der Waals surface area contributed by atoms with E-state index in [9.17, 15) is 0 Å². The average Bonchev–Trinajstić information content (AvgIpc) is 2.64. The van der Waals surface area contributed by atoms with Crippen molar-refractivity contribution in [2.45, 2.75) is 32.6 Å². The van der Waals surface area contributed by atoms with Crippen LogP contribution in [-0.4, -0.2) is 10.3 Å². The van der Waals surface area contributed by atoms with Crippen LogP contribution in [0.5, 0.6) is 0 Å². The highest BCUT2D eigenvalue weighted by molar-refractivity contribution is 7.98. The largest absolute Gasteiger partial charge is 0.345 e. The number of hydrogen-bond acceptors (Lipinski definition) is 1. The molecule has 1 aromatic carbocycles. The van der Waals surface area contributed by atoms with Gasteiger partial charge < -0.3 is 4.57 Å². The van der Waals surface area contributed by atoms with Gasteiger partial charge in [-0.25, -0.2) is 0 Å². The highest BCUT2D eigenvalue weighted by Gasteiger charge is 2.10. The number of hydrogen-bond donors (Lipinski definition) is 0. The monoisotopic (exact) mass is 267 g/mol. The maximum Gasteiger partial charge on any atom is 0.0486 e. The number of rotatable bonds is 4. The van der Waals surface area contributed by atoms with Crippen LogP contribution >= 0.6 is 23.4 Å². The van der Waals surface area contributed by atoms with Gasteiger partial charge in [0.25, 0.3) is 0 Å². The molecule has 1 nitrogen and oxygen atoms in total. The summed E-state index contributed by atoms with van der Waals surface area (Å²) in [7, 11) is 0. The van der Waals surface area contributed by atoms with E-state index in [-0.39, 0.29) is 0 Å². The van der Waals surface area contributed by atoms with E-state index in [1.807, 2.05) is 17.8 Å². The molecule has 0 aliphatic rings. The van der Waals surface area contributed by atoms with Crippen molar-refractivity contribution < 1.29 is 0 Å². The fraction of sp³-hybridized carbons (Fsp3) is 0.429. The van der Waals surface area contributed by atoms with Gasteiger partial charge in [-0.2, -0.15) is 11.8 Å². The van der Waals surface area contributed by atoms with Crippen LogP contribution in [0.15, 0.2) is 24.4 Å². The quantitative estimate of drug-likeness (QED) is 0.744. The van der Waals surface area contributed by atoms with Crippen LogP contribution < -0.4 is 0 Å². The first-order valence-corrected chi connectivity index (χ1v) is 7.53. The molecule has 0 aliphatic carbocycles. The number of benzene rings is 1. The molecular formula is C14H18ClNS. The van der Waals surface area contributed by atoms with Gasteiger partial charge in [-0.1, -0.05) is 18.5 Å². The zero-order chi connectivity index (χ0) is 12.4. The van der Waals surface area contributed by atoms with Gasteiger partial charge in [-0.05, 0) is 43.4 Å². The normalized spacial score (nSPS) is 11.6. The lowest BCUT2D eigenvalue weighted by Crippen LogP contribution is -1.97. The third-order valence-electron chi connectivity index (χ3n) is 2.90. The van der Waals surface area contributed by atoms with Crippen LogP contribution in [0.2, 0.25) is 5.02 Å². The lowest BCUT2D eigenvalue weighted by molar-refractivity contribution is 0.622. The molecule has 92 valence electrons. The number of halogens is 1. The third-order valence-corrected chi connectivity index (χ3v) is 4.05. The molecular weight excluding hydrogens is 250 g/mol. The van der Waals surface area contributed by atoms with Crippen LogP contribution in [0.3, 0.4) is 0 Å². The zero-order valence-electron chi connectivity index (χ0n) is 10.5. The molecule has 17 heavy (non-hydrogen) atoms. The second kappa shape index (κ2) is 5.36. The number of nitrogens with zero attached hydrogens (tertiary/aromatic N) is 1. The molecule has 0 unspecified atom stereocenters. The molecule has 0 bridgehead atoms. The van der Waals surface area contributed by atoms with Crippen molar-refractivity contribution in [2.75, 3.05) is 5.75 Å². The first-order valence-electron chi connectivity index (χ1n) is 6.00. The minimum absolute atomic E-state index is 0.485. The molecule has 0 amide bonds. The summed E-state index contributed by atoms with van der Waals surface area (Å²) >= 11 is 8.05. The maximum atomic E-state index is 6.10. The zero-order valence-corrected chi connectivity index (χ0v) is 12.1. The smallest absolute Gasteiger partial charge is 0.0486 e. The predicted molar refractivity (Wildman–Crippen MR) is 79.2 cm³/mol. The number of thioether (sulfide) groups is 1. The molecule has 1 heterocycles. The summed E-state index contributed by atoms with van der Waals surface area (Å²) in [4.78, 5) is 0. The van der Waals surface area contributed by atoms with E-state index in [1.54, 1.807) is 0 Å². The van der Waals surface area contributed by atoms with Gasteiger partial charge in [0.2, 0.25) is 0 Å². The molecule has 0 atom stereocenters. The van der Waals surface area contributed by atoms with Crippen molar-refractivity contribution in [3.05, 3.63) is 35.0 Å². The average molecular weight is 268 g/mol. The van der Waals surface area contributed by atoms with Crippen molar-refractivity contribution in [3.63, 3.8) is 0 Å². The van der Waals surface area contributed by atoms with E-state index in [1.165, 1.54) is 16.5 Å². The Kier molecular flexibility index (Phi) is 4.05. The van der Waals surface area contributed by atoms with Gasteiger partial charge in [0.05, 0.1) is 0 Å². The van der Waals surface area contributed by atoms with E-state index < -0.39 is 0 Å². The molecule has 0 aliphatic heterocycles. The Labute approximate surface area is 112 Å². The molecule has 0 fully saturated rings. The standard InChI is InChI=1S/C14H18ClNS/c1-4-17-9-11-8-16(10(2)3)14-6-5-12(15)7-13(11)14/h5-8,10H,4,9H2,1-3H3. The Hall–Kier alpha value is -0.600. The van der Waals surface area contributed by atoms with Crippen LogP contribution in [0.1, 0.15) is 32.4 Å². The summed E-state index contributed by atoms with van der Waals surface area (Å²) in [6.45, 7) is 6.62. The Balaban J connectivity index is 2.54. The topological polar surface area (TPSA) is 4.93 Å². The van der Waals surface area contributed by atoms with E-state index in [4.69, 9.17) is 11.6 Å². The highest BCUT2D eigenvalue weighted by Crippen LogP contribution is 2.29. The first-order chi connectivity index (χ1) is 8.13. The Morgan fingerprint density at radius 1 is 1.35 bits per heavy atom. The van der Waals surface area contributed by atoms with Crippen molar-refractivity contribution >= 4 is 34.3 Å². The van der Waals surface area contributed by atoms with Crippen molar-refractivity contribution in [3.8, 4) is 0 Å². The summed E-state index contributed by atoms with van der Waals surface area (Å²) in [5.74, 6) is 2.21. The fourth-order valence-electron chi connectivity index (χ4n) is 2.05. The molecule has 0 N–H and O–H groups in total. The summed E-state index contributed by atoms with van der Waals surface area (Å²) in [5.41, 5.74) is 2.68. The lowest BCUT2D eigenvalue weighted by Gasteiger charge is -2.08. The van der Waals surface area contributed by atoms with Gasteiger partial charge in [0.15, 0.2) is 0 Å². The van der Waals surface area contributed by atoms with Crippen molar-refractivity contribution in [1.82, 2.24) is 4.57 Å². The Bertz CT molecular complexity index is 516. The van der Waals surface area contributed by atoms with Crippen LogP contribution in [-0.2, 0) is 5.75 Å². The Morgan fingerprint density at radius 2 is 2.12 bits per heavy atom. The number of aromatic nitrogens is 1. The fourth-order valence-corrected chi connectivity index (χ4v) is 2.88. The number of fused-ring (bicyclic) bond motifs is 1. The Morgan fingerprint density at radius 3 is 2.76 bits per heavy atom. The van der Waals surface area contributed by atoms with Gasteiger partial charge in [-0.3, -0.25) is 0 Å². The minimum atomic E-state index is 0.485. The molecule has 0 radical (unpaired) electrons. The van der Waals surface area contributed by atoms with Gasteiger partial charge in [0, 0.05) is 33.9 Å². The summed E-state index contributed by atoms with van der Waals surface area (Å²) < 4.78 is 2.33.